The highest BCUT2D eigenvalue weighted by atomic mass is 32.2. The number of hydrogen-bond donors (Lipinski definition) is 1. The molecule has 0 spiro atoms. The van der Waals surface area contributed by atoms with E-state index in [-0.39, 0.29) is 10.8 Å². The van der Waals surface area contributed by atoms with Crippen molar-refractivity contribution in [2.75, 3.05) is 37.5 Å². The summed E-state index contributed by atoms with van der Waals surface area (Å²) < 4.78 is 42.9. The highest BCUT2D eigenvalue weighted by Crippen LogP contribution is 2.31. The Morgan fingerprint density at radius 1 is 0.865 bits per heavy atom. The van der Waals surface area contributed by atoms with Crippen molar-refractivity contribution in [3.8, 4) is 11.5 Å². The van der Waals surface area contributed by atoms with Crippen LogP contribution in [0.3, 0.4) is 0 Å². The average Bonchev–Trinajstić information content (AvgIpc) is 2.92. The number of sulfonamides is 1. The first-order valence-corrected chi connectivity index (χ1v) is 13.0. The fourth-order valence-electron chi connectivity index (χ4n) is 3.38. The Hall–Kier alpha value is -4.05. The minimum Gasteiger partial charge on any atom is -0.493 e. The van der Waals surface area contributed by atoms with E-state index in [4.69, 9.17) is 14.2 Å². The molecule has 0 saturated heterocycles. The van der Waals surface area contributed by atoms with E-state index in [1.807, 2.05) is 6.92 Å². The van der Waals surface area contributed by atoms with Crippen LogP contribution in [0.15, 0.2) is 71.6 Å². The normalized spacial score (nSPS) is 10.9. The number of esters is 1. The monoisotopic (exact) mass is 526 g/mol. The van der Waals surface area contributed by atoms with Gasteiger partial charge in [-0.2, -0.15) is 0 Å². The van der Waals surface area contributed by atoms with Crippen LogP contribution in [-0.4, -0.2) is 48.2 Å². The smallest absolute Gasteiger partial charge is 0.338 e. The van der Waals surface area contributed by atoms with Gasteiger partial charge in [0.05, 0.1) is 37.0 Å². The summed E-state index contributed by atoms with van der Waals surface area (Å²) in [6, 6.07) is 16.9. The Morgan fingerprint density at radius 3 is 2.08 bits per heavy atom. The van der Waals surface area contributed by atoms with Crippen molar-refractivity contribution in [3.05, 3.63) is 77.9 Å². The molecule has 37 heavy (non-hydrogen) atoms. The average molecular weight is 527 g/mol. The zero-order valence-corrected chi connectivity index (χ0v) is 22.0. The first-order valence-electron chi connectivity index (χ1n) is 11.6. The molecule has 0 unspecified atom stereocenters. The molecule has 196 valence electrons. The molecule has 0 fully saturated rings. The second-order valence-corrected chi connectivity index (χ2v) is 10.0. The lowest BCUT2D eigenvalue weighted by atomic mass is 10.1. The minimum absolute atomic E-state index is 0.0344. The van der Waals surface area contributed by atoms with E-state index >= 15 is 0 Å². The SMILES string of the molecule is CCCCOC(=O)c1ccc(NC(=O)c2ccc(N(C)S(=O)(=O)c3ccc(OC)c(OC)c3)cc2)cc1. The van der Waals surface area contributed by atoms with Crippen LogP contribution in [0.1, 0.15) is 40.5 Å². The summed E-state index contributed by atoms with van der Waals surface area (Å²) in [5.41, 5.74) is 1.62. The van der Waals surface area contributed by atoms with Crippen molar-refractivity contribution in [2.45, 2.75) is 24.7 Å². The van der Waals surface area contributed by atoms with Gasteiger partial charge in [-0.25, -0.2) is 13.2 Å². The van der Waals surface area contributed by atoms with E-state index < -0.39 is 16.0 Å². The number of nitrogens with one attached hydrogen (secondary N) is 1. The molecule has 0 radical (unpaired) electrons. The second-order valence-electron chi connectivity index (χ2n) is 8.06. The maximum Gasteiger partial charge on any atom is 0.338 e. The lowest BCUT2D eigenvalue weighted by Crippen LogP contribution is -2.26. The summed E-state index contributed by atoms with van der Waals surface area (Å²) in [5.74, 6) is -0.0734. The number of amides is 1. The molecule has 0 aliphatic rings. The number of unbranched alkanes of at least 4 members (excludes halogenated alkanes) is 1. The summed E-state index contributed by atoms with van der Waals surface area (Å²) in [5, 5.41) is 2.76. The lowest BCUT2D eigenvalue weighted by molar-refractivity contribution is 0.0499. The van der Waals surface area contributed by atoms with Gasteiger partial charge in [-0.05, 0) is 67.1 Å². The van der Waals surface area contributed by atoms with Gasteiger partial charge in [-0.3, -0.25) is 9.10 Å². The van der Waals surface area contributed by atoms with Crippen LogP contribution in [0.5, 0.6) is 11.5 Å². The molecule has 1 amide bonds. The fourth-order valence-corrected chi connectivity index (χ4v) is 4.59. The van der Waals surface area contributed by atoms with Crippen LogP contribution < -0.4 is 19.1 Å². The van der Waals surface area contributed by atoms with Crippen LogP contribution in [0.25, 0.3) is 0 Å². The highest BCUT2D eigenvalue weighted by Gasteiger charge is 2.23. The number of carbonyl (C=O) groups excluding carboxylic acids is 2. The van der Waals surface area contributed by atoms with Crippen LogP contribution in [0, 0.1) is 0 Å². The molecule has 9 nitrogen and oxygen atoms in total. The largest absolute Gasteiger partial charge is 0.493 e. The predicted molar refractivity (Wildman–Crippen MR) is 141 cm³/mol. The summed E-state index contributed by atoms with van der Waals surface area (Å²) in [4.78, 5) is 24.7. The number of rotatable bonds is 11. The molecule has 0 aliphatic carbocycles. The van der Waals surface area contributed by atoms with Crippen LogP contribution in [-0.2, 0) is 14.8 Å². The van der Waals surface area contributed by atoms with Gasteiger partial charge < -0.3 is 19.5 Å². The zero-order chi connectivity index (χ0) is 27.0. The molecule has 3 rings (SSSR count). The summed E-state index contributed by atoms with van der Waals surface area (Å²) in [6.07, 6.45) is 1.74. The third-order valence-electron chi connectivity index (χ3n) is 5.62. The summed E-state index contributed by atoms with van der Waals surface area (Å²) >= 11 is 0. The molecular formula is C27H30N2O7S. The first-order chi connectivity index (χ1) is 17.7. The lowest BCUT2D eigenvalue weighted by Gasteiger charge is -2.20. The second kappa shape index (κ2) is 12.3. The van der Waals surface area contributed by atoms with Gasteiger partial charge in [0, 0.05) is 24.4 Å². The number of hydrogen-bond acceptors (Lipinski definition) is 7. The molecule has 1 N–H and O–H groups in total. The van der Waals surface area contributed by atoms with Crippen LogP contribution in [0.4, 0.5) is 11.4 Å². The Labute approximate surface area is 217 Å². The number of nitrogens with zero attached hydrogens (tertiary/aromatic N) is 1. The van der Waals surface area contributed by atoms with Crippen LogP contribution in [0.2, 0.25) is 0 Å². The van der Waals surface area contributed by atoms with Crippen molar-refractivity contribution in [1.29, 1.82) is 0 Å². The standard InChI is InChI=1S/C27H30N2O7S/c1-5-6-17-36-27(31)20-7-11-21(12-8-20)28-26(30)19-9-13-22(14-10-19)29(2)37(32,33)23-15-16-24(34-3)25(18-23)35-4/h7-16,18H,5-6,17H2,1-4H3,(H,28,30). The van der Waals surface area contributed by atoms with Gasteiger partial charge >= 0.3 is 5.97 Å². The van der Waals surface area contributed by atoms with Crippen molar-refractivity contribution in [3.63, 3.8) is 0 Å². The molecular weight excluding hydrogens is 496 g/mol. The van der Waals surface area contributed by atoms with Gasteiger partial charge in [0.25, 0.3) is 15.9 Å². The fraction of sp³-hybridized carbons (Fsp3) is 0.259. The van der Waals surface area contributed by atoms with E-state index in [1.165, 1.54) is 51.6 Å². The van der Waals surface area contributed by atoms with Crippen molar-refractivity contribution in [2.24, 2.45) is 0 Å². The molecule has 0 heterocycles. The first kappa shape index (κ1) is 27.5. The topological polar surface area (TPSA) is 111 Å². The number of benzene rings is 3. The molecule has 0 aromatic heterocycles. The Bertz CT molecular complexity index is 1340. The van der Waals surface area contributed by atoms with Crippen LogP contribution >= 0.6 is 0 Å². The molecule has 0 aliphatic heterocycles. The summed E-state index contributed by atoms with van der Waals surface area (Å²) in [7, 11) is 0.434. The zero-order valence-electron chi connectivity index (χ0n) is 21.2. The molecule has 0 bridgehead atoms. The van der Waals surface area contributed by atoms with E-state index in [2.05, 4.69) is 5.32 Å². The number of ether oxygens (including phenoxy) is 3. The predicted octanol–water partition coefficient (Wildman–Crippen LogP) is 4.74. The molecule has 3 aromatic carbocycles. The number of anilines is 2. The van der Waals surface area contributed by atoms with Crippen molar-refractivity contribution < 1.29 is 32.2 Å². The van der Waals surface area contributed by atoms with Crippen molar-refractivity contribution >= 4 is 33.3 Å². The van der Waals surface area contributed by atoms with E-state index in [0.717, 1.165) is 17.1 Å². The van der Waals surface area contributed by atoms with E-state index in [9.17, 15) is 18.0 Å². The quantitative estimate of drug-likeness (QED) is 0.284. The van der Waals surface area contributed by atoms with E-state index in [0.29, 0.717) is 40.6 Å². The summed E-state index contributed by atoms with van der Waals surface area (Å²) in [6.45, 7) is 2.38. The third kappa shape index (κ3) is 6.59. The van der Waals surface area contributed by atoms with Gasteiger partial charge in [0.15, 0.2) is 11.5 Å². The van der Waals surface area contributed by atoms with Crippen molar-refractivity contribution in [1.82, 2.24) is 0 Å². The molecule has 10 heteroatoms. The van der Waals surface area contributed by atoms with Gasteiger partial charge in [0.2, 0.25) is 0 Å². The highest BCUT2D eigenvalue weighted by molar-refractivity contribution is 7.92. The van der Waals surface area contributed by atoms with Gasteiger partial charge in [-0.1, -0.05) is 13.3 Å². The minimum atomic E-state index is -3.89. The maximum absolute atomic E-state index is 13.1. The van der Waals surface area contributed by atoms with E-state index in [1.54, 1.807) is 36.4 Å². The number of methoxy groups -OCH3 is 2. The third-order valence-corrected chi connectivity index (χ3v) is 7.40. The number of carbonyl (C=O) groups is 2. The maximum atomic E-state index is 13.1. The Kier molecular flexibility index (Phi) is 9.13. The Morgan fingerprint density at radius 2 is 1.49 bits per heavy atom. The molecule has 0 atom stereocenters. The van der Waals surface area contributed by atoms with Gasteiger partial charge in [0.1, 0.15) is 0 Å². The Balaban J connectivity index is 1.68. The van der Waals surface area contributed by atoms with Gasteiger partial charge in [-0.15, -0.1) is 0 Å². The molecule has 3 aromatic rings. The molecule has 0 saturated carbocycles.